The van der Waals surface area contributed by atoms with Crippen LogP contribution >= 0.6 is 27.3 Å². The molecule has 2 nitrogen and oxygen atoms in total. The molecule has 1 rings (SSSR count). The molecular weight excluding hydrogens is 226 g/mol. The van der Waals surface area contributed by atoms with Crippen molar-refractivity contribution in [1.82, 2.24) is 4.98 Å². The van der Waals surface area contributed by atoms with Crippen LogP contribution in [0, 0.1) is 0 Å². The lowest BCUT2D eigenvalue weighted by Crippen LogP contribution is -1.91. The number of halogens is 1. The standard InChI is InChI=1S/C7H8BrNOS/c1-2-3-4-10-7-9-6(8)5-11-7/h2-3,5H,4H2,1H3. The largest absolute Gasteiger partial charge is 0.466 e. The van der Waals surface area contributed by atoms with Gasteiger partial charge in [0.15, 0.2) is 0 Å². The van der Waals surface area contributed by atoms with Crippen molar-refractivity contribution in [3.05, 3.63) is 22.1 Å². The van der Waals surface area contributed by atoms with Gasteiger partial charge in [-0.05, 0) is 22.9 Å². The maximum atomic E-state index is 5.26. The Kier molecular flexibility index (Phi) is 3.59. The van der Waals surface area contributed by atoms with E-state index in [1.165, 1.54) is 11.3 Å². The fourth-order valence-corrected chi connectivity index (χ4v) is 1.62. The Morgan fingerprint density at radius 1 is 1.82 bits per heavy atom. The lowest BCUT2D eigenvalue weighted by atomic mass is 10.6. The third kappa shape index (κ3) is 3.03. The van der Waals surface area contributed by atoms with Gasteiger partial charge in [0.2, 0.25) is 0 Å². The molecule has 0 saturated heterocycles. The number of hydrogen-bond acceptors (Lipinski definition) is 3. The maximum Gasteiger partial charge on any atom is 0.274 e. The Balaban J connectivity index is 2.38. The number of ether oxygens (including phenoxy) is 1. The highest BCUT2D eigenvalue weighted by molar-refractivity contribution is 9.10. The van der Waals surface area contributed by atoms with Crippen molar-refractivity contribution in [1.29, 1.82) is 0 Å². The minimum absolute atomic E-state index is 0.594. The zero-order valence-corrected chi connectivity index (χ0v) is 8.48. The molecule has 0 aliphatic carbocycles. The average Bonchev–Trinajstić information content (AvgIpc) is 2.37. The van der Waals surface area contributed by atoms with Crippen LogP contribution < -0.4 is 4.74 Å². The quantitative estimate of drug-likeness (QED) is 0.750. The second-order valence-electron chi connectivity index (χ2n) is 1.82. The molecule has 0 amide bonds. The molecule has 0 atom stereocenters. The van der Waals surface area contributed by atoms with Crippen LogP contribution in [0.1, 0.15) is 6.92 Å². The van der Waals surface area contributed by atoms with Gasteiger partial charge in [-0.2, -0.15) is 4.98 Å². The molecule has 0 fully saturated rings. The normalized spacial score (nSPS) is 10.7. The monoisotopic (exact) mass is 233 g/mol. The molecule has 0 aliphatic rings. The number of thiazole rings is 1. The number of rotatable bonds is 3. The molecule has 0 unspecified atom stereocenters. The summed E-state index contributed by atoms with van der Waals surface area (Å²) in [5.74, 6) is 0. The Hall–Kier alpha value is -0.350. The van der Waals surface area contributed by atoms with Crippen LogP contribution in [-0.4, -0.2) is 11.6 Å². The van der Waals surface area contributed by atoms with E-state index in [9.17, 15) is 0 Å². The number of aromatic nitrogens is 1. The van der Waals surface area contributed by atoms with Crippen molar-refractivity contribution in [2.75, 3.05) is 6.61 Å². The van der Waals surface area contributed by atoms with Gasteiger partial charge in [-0.3, -0.25) is 0 Å². The van der Waals surface area contributed by atoms with Crippen LogP contribution in [0.25, 0.3) is 0 Å². The van der Waals surface area contributed by atoms with Gasteiger partial charge in [0.25, 0.3) is 5.19 Å². The maximum absolute atomic E-state index is 5.26. The Bertz CT molecular complexity index is 246. The molecule has 1 heterocycles. The predicted molar refractivity (Wildman–Crippen MR) is 50.1 cm³/mol. The summed E-state index contributed by atoms with van der Waals surface area (Å²) in [6.07, 6.45) is 3.89. The number of allylic oxidation sites excluding steroid dienone is 1. The lowest BCUT2D eigenvalue weighted by molar-refractivity contribution is 0.360. The van der Waals surface area contributed by atoms with Crippen LogP contribution in [0.2, 0.25) is 0 Å². The molecule has 11 heavy (non-hydrogen) atoms. The summed E-state index contributed by atoms with van der Waals surface area (Å²) in [5.41, 5.74) is 0. The minimum Gasteiger partial charge on any atom is -0.466 e. The molecule has 0 saturated carbocycles. The first-order chi connectivity index (χ1) is 5.33. The Labute approximate surface area is 78.0 Å². The van der Waals surface area contributed by atoms with Crippen LogP contribution in [0.4, 0.5) is 0 Å². The van der Waals surface area contributed by atoms with Gasteiger partial charge in [0, 0.05) is 5.38 Å². The molecule has 60 valence electrons. The molecule has 0 aliphatic heterocycles. The minimum atomic E-state index is 0.594. The van der Waals surface area contributed by atoms with E-state index in [-0.39, 0.29) is 0 Å². The second-order valence-corrected chi connectivity index (χ2v) is 3.45. The van der Waals surface area contributed by atoms with E-state index in [0.29, 0.717) is 11.8 Å². The van der Waals surface area contributed by atoms with Gasteiger partial charge in [0.05, 0.1) is 0 Å². The smallest absolute Gasteiger partial charge is 0.274 e. The summed E-state index contributed by atoms with van der Waals surface area (Å²) >= 11 is 4.73. The Morgan fingerprint density at radius 3 is 3.18 bits per heavy atom. The highest BCUT2D eigenvalue weighted by Gasteiger charge is 1.96. The molecule has 0 bridgehead atoms. The summed E-state index contributed by atoms with van der Waals surface area (Å²) in [7, 11) is 0. The van der Waals surface area contributed by atoms with Gasteiger partial charge in [-0.25, -0.2) is 0 Å². The highest BCUT2D eigenvalue weighted by Crippen LogP contribution is 2.21. The molecule has 0 N–H and O–H groups in total. The first kappa shape index (κ1) is 8.74. The zero-order valence-electron chi connectivity index (χ0n) is 6.08. The zero-order chi connectivity index (χ0) is 8.10. The molecule has 0 aromatic carbocycles. The van der Waals surface area contributed by atoms with Crippen LogP contribution in [0.15, 0.2) is 22.1 Å². The Morgan fingerprint density at radius 2 is 2.64 bits per heavy atom. The molecule has 1 aromatic heterocycles. The third-order valence-corrected chi connectivity index (χ3v) is 2.45. The van der Waals surface area contributed by atoms with Crippen molar-refractivity contribution < 1.29 is 4.74 Å². The van der Waals surface area contributed by atoms with Crippen LogP contribution in [0.5, 0.6) is 5.19 Å². The molecule has 0 spiro atoms. The fraction of sp³-hybridized carbons (Fsp3) is 0.286. The van der Waals surface area contributed by atoms with Gasteiger partial charge in [-0.1, -0.05) is 23.5 Å². The van der Waals surface area contributed by atoms with E-state index in [4.69, 9.17) is 4.74 Å². The molecule has 0 radical (unpaired) electrons. The number of nitrogens with zero attached hydrogens (tertiary/aromatic N) is 1. The average molecular weight is 234 g/mol. The summed E-state index contributed by atoms with van der Waals surface area (Å²) in [4.78, 5) is 4.06. The van der Waals surface area contributed by atoms with Crippen molar-refractivity contribution in [3.8, 4) is 5.19 Å². The van der Waals surface area contributed by atoms with Crippen molar-refractivity contribution >= 4 is 27.3 Å². The summed E-state index contributed by atoms with van der Waals surface area (Å²) in [6, 6.07) is 0. The molecule has 4 heteroatoms. The van der Waals surface area contributed by atoms with Crippen LogP contribution in [0.3, 0.4) is 0 Å². The predicted octanol–water partition coefficient (Wildman–Crippen LogP) is 2.86. The van der Waals surface area contributed by atoms with E-state index in [0.717, 1.165) is 4.60 Å². The number of hydrogen-bond donors (Lipinski definition) is 0. The van der Waals surface area contributed by atoms with Gasteiger partial charge >= 0.3 is 0 Å². The topological polar surface area (TPSA) is 22.1 Å². The molecule has 1 aromatic rings. The molecular formula is C7H8BrNOS. The van der Waals surface area contributed by atoms with Crippen molar-refractivity contribution in [2.24, 2.45) is 0 Å². The van der Waals surface area contributed by atoms with E-state index in [2.05, 4.69) is 20.9 Å². The summed E-state index contributed by atoms with van der Waals surface area (Å²) < 4.78 is 6.09. The van der Waals surface area contributed by atoms with Crippen molar-refractivity contribution in [3.63, 3.8) is 0 Å². The summed E-state index contributed by atoms with van der Waals surface area (Å²) in [6.45, 7) is 2.55. The fourth-order valence-electron chi connectivity index (χ4n) is 0.521. The van der Waals surface area contributed by atoms with Gasteiger partial charge < -0.3 is 4.74 Å². The van der Waals surface area contributed by atoms with E-state index in [1.807, 2.05) is 24.5 Å². The van der Waals surface area contributed by atoms with E-state index < -0.39 is 0 Å². The summed E-state index contributed by atoms with van der Waals surface area (Å²) in [5, 5.41) is 2.60. The van der Waals surface area contributed by atoms with E-state index >= 15 is 0 Å². The highest BCUT2D eigenvalue weighted by atomic mass is 79.9. The SMILES string of the molecule is CC=CCOc1nc(Br)cs1. The second kappa shape index (κ2) is 4.51. The first-order valence-corrected chi connectivity index (χ1v) is 4.85. The lowest BCUT2D eigenvalue weighted by Gasteiger charge is -1.94. The van der Waals surface area contributed by atoms with E-state index in [1.54, 1.807) is 0 Å². The van der Waals surface area contributed by atoms with Crippen molar-refractivity contribution in [2.45, 2.75) is 6.92 Å². The van der Waals surface area contributed by atoms with Gasteiger partial charge in [0.1, 0.15) is 11.2 Å². The van der Waals surface area contributed by atoms with Gasteiger partial charge in [-0.15, -0.1) is 0 Å². The first-order valence-electron chi connectivity index (χ1n) is 3.18. The van der Waals surface area contributed by atoms with Crippen LogP contribution in [-0.2, 0) is 0 Å². The third-order valence-electron chi connectivity index (χ3n) is 0.994.